The molecule has 134 valence electrons. The predicted molar refractivity (Wildman–Crippen MR) is 98.8 cm³/mol. The van der Waals surface area contributed by atoms with Crippen molar-refractivity contribution in [3.8, 4) is 5.69 Å². The molecule has 0 saturated carbocycles. The second-order valence-corrected chi connectivity index (χ2v) is 7.26. The maximum absolute atomic E-state index is 12.6. The van der Waals surface area contributed by atoms with Crippen LogP contribution in [0.3, 0.4) is 0 Å². The molecule has 2 heterocycles. The Morgan fingerprint density at radius 1 is 1.36 bits per heavy atom. The molecule has 1 aromatic heterocycles. The standard InChI is InChI=1S/C17H21Cl2N5O/c1-10(2)16-22-15(17(25)21-11-5-4-8-20-9-11)23-24(16)14-12(18)6-3-7-13(14)19/h3,6-7,10-11,20H,4-5,8-9H2,1-2H3,(H,21,25)/t11-/m0/s1. The molecule has 25 heavy (non-hydrogen) atoms. The molecule has 6 nitrogen and oxygen atoms in total. The Hall–Kier alpha value is -1.63. The van der Waals surface area contributed by atoms with Crippen molar-refractivity contribution in [2.75, 3.05) is 13.1 Å². The molecular weight excluding hydrogens is 361 g/mol. The van der Waals surface area contributed by atoms with Gasteiger partial charge in [0, 0.05) is 18.5 Å². The van der Waals surface area contributed by atoms with Gasteiger partial charge in [-0.3, -0.25) is 4.79 Å². The van der Waals surface area contributed by atoms with Crippen molar-refractivity contribution in [1.29, 1.82) is 0 Å². The van der Waals surface area contributed by atoms with Gasteiger partial charge >= 0.3 is 0 Å². The summed E-state index contributed by atoms with van der Waals surface area (Å²) in [5, 5.41) is 11.6. The fourth-order valence-electron chi connectivity index (χ4n) is 2.87. The van der Waals surface area contributed by atoms with Gasteiger partial charge in [-0.2, -0.15) is 0 Å². The van der Waals surface area contributed by atoms with Gasteiger partial charge in [-0.25, -0.2) is 9.67 Å². The van der Waals surface area contributed by atoms with E-state index in [1.807, 2.05) is 13.8 Å². The molecule has 2 N–H and O–H groups in total. The Balaban J connectivity index is 1.93. The van der Waals surface area contributed by atoms with Crippen LogP contribution in [0.2, 0.25) is 10.0 Å². The van der Waals surface area contributed by atoms with E-state index in [1.165, 1.54) is 0 Å². The number of carbonyl (C=O) groups excluding carboxylic acids is 1. The summed E-state index contributed by atoms with van der Waals surface area (Å²) in [6.07, 6.45) is 1.99. The zero-order valence-electron chi connectivity index (χ0n) is 14.2. The van der Waals surface area contributed by atoms with E-state index in [0.29, 0.717) is 21.6 Å². The van der Waals surface area contributed by atoms with Gasteiger partial charge in [0.15, 0.2) is 0 Å². The number of hydrogen-bond donors (Lipinski definition) is 2. The molecule has 1 aliphatic rings. The summed E-state index contributed by atoms with van der Waals surface area (Å²) >= 11 is 12.6. The highest BCUT2D eigenvalue weighted by Gasteiger charge is 2.24. The zero-order chi connectivity index (χ0) is 18.0. The quantitative estimate of drug-likeness (QED) is 0.852. The highest BCUT2D eigenvalue weighted by molar-refractivity contribution is 6.37. The van der Waals surface area contributed by atoms with E-state index in [9.17, 15) is 4.79 Å². The van der Waals surface area contributed by atoms with E-state index in [-0.39, 0.29) is 23.7 Å². The van der Waals surface area contributed by atoms with Gasteiger partial charge in [0.1, 0.15) is 11.5 Å². The third kappa shape index (κ3) is 3.97. The monoisotopic (exact) mass is 381 g/mol. The summed E-state index contributed by atoms with van der Waals surface area (Å²) in [4.78, 5) is 17.0. The second kappa shape index (κ2) is 7.72. The fourth-order valence-corrected chi connectivity index (χ4v) is 3.43. The first kappa shape index (κ1) is 18.2. The molecule has 2 aromatic rings. The van der Waals surface area contributed by atoms with Crippen molar-refractivity contribution in [3.63, 3.8) is 0 Å². The van der Waals surface area contributed by atoms with Crippen LogP contribution >= 0.6 is 23.2 Å². The first-order chi connectivity index (χ1) is 12.0. The number of hydrogen-bond acceptors (Lipinski definition) is 4. The smallest absolute Gasteiger partial charge is 0.291 e. The Kier molecular flexibility index (Phi) is 5.61. The van der Waals surface area contributed by atoms with Gasteiger partial charge < -0.3 is 10.6 Å². The lowest BCUT2D eigenvalue weighted by molar-refractivity contribution is 0.0920. The largest absolute Gasteiger partial charge is 0.345 e. The average molecular weight is 382 g/mol. The summed E-state index contributed by atoms with van der Waals surface area (Å²) in [5.74, 6) is 0.544. The SMILES string of the molecule is CC(C)c1nc(C(=O)N[C@H]2CCCNC2)nn1-c1c(Cl)cccc1Cl. The van der Waals surface area contributed by atoms with E-state index < -0.39 is 0 Å². The lowest BCUT2D eigenvalue weighted by atomic mass is 10.1. The molecule has 8 heteroatoms. The minimum atomic E-state index is -0.280. The number of rotatable bonds is 4. The van der Waals surface area contributed by atoms with Gasteiger partial charge in [0.2, 0.25) is 5.82 Å². The molecule has 0 radical (unpaired) electrons. The van der Waals surface area contributed by atoms with Crippen molar-refractivity contribution >= 4 is 29.1 Å². The summed E-state index contributed by atoms with van der Waals surface area (Å²) in [5.41, 5.74) is 0.542. The molecule has 0 bridgehead atoms. The van der Waals surface area contributed by atoms with Gasteiger partial charge in [0.25, 0.3) is 5.91 Å². The minimum absolute atomic E-state index is 0.0535. The summed E-state index contributed by atoms with van der Waals surface area (Å²) in [6, 6.07) is 5.34. The molecule has 1 aliphatic heterocycles. The highest BCUT2D eigenvalue weighted by atomic mass is 35.5. The van der Waals surface area contributed by atoms with Gasteiger partial charge in [-0.15, -0.1) is 5.10 Å². The predicted octanol–water partition coefficient (Wildman–Crippen LogP) is 3.18. The number of para-hydroxylation sites is 1. The Morgan fingerprint density at radius 2 is 2.08 bits per heavy atom. The number of carbonyl (C=O) groups is 1. The Morgan fingerprint density at radius 3 is 2.68 bits per heavy atom. The molecule has 0 aliphatic carbocycles. The van der Waals surface area contributed by atoms with E-state index in [2.05, 4.69) is 20.7 Å². The first-order valence-corrected chi connectivity index (χ1v) is 9.16. The van der Waals surface area contributed by atoms with Crippen LogP contribution in [0.5, 0.6) is 0 Å². The maximum Gasteiger partial charge on any atom is 0.291 e. The van der Waals surface area contributed by atoms with Crippen LogP contribution in [-0.2, 0) is 0 Å². The van der Waals surface area contributed by atoms with Crippen molar-refractivity contribution in [2.45, 2.75) is 38.6 Å². The normalized spacial score (nSPS) is 17.7. The number of amides is 1. The van der Waals surface area contributed by atoms with E-state index in [4.69, 9.17) is 23.2 Å². The Labute approximate surface area is 156 Å². The summed E-state index contributed by atoms with van der Waals surface area (Å²) in [7, 11) is 0. The molecular formula is C17H21Cl2N5O. The second-order valence-electron chi connectivity index (χ2n) is 6.45. The van der Waals surface area contributed by atoms with Crippen LogP contribution in [0, 0.1) is 0 Å². The van der Waals surface area contributed by atoms with Crippen molar-refractivity contribution in [2.24, 2.45) is 0 Å². The molecule has 1 amide bonds. The van der Waals surface area contributed by atoms with Gasteiger partial charge in [-0.1, -0.05) is 43.1 Å². The summed E-state index contributed by atoms with van der Waals surface area (Å²) in [6.45, 7) is 5.72. The third-order valence-electron chi connectivity index (χ3n) is 4.13. The first-order valence-electron chi connectivity index (χ1n) is 8.40. The number of halogens is 2. The number of nitrogens with zero attached hydrogens (tertiary/aromatic N) is 3. The number of piperidine rings is 1. The van der Waals surface area contributed by atoms with Gasteiger partial charge in [-0.05, 0) is 31.5 Å². The van der Waals surface area contributed by atoms with E-state index in [1.54, 1.807) is 22.9 Å². The van der Waals surface area contributed by atoms with Crippen LogP contribution in [-0.4, -0.2) is 39.8 Å². The number of nitrogens with one attached hydrogen (secondary N) is 2. The third-order valence-corrected chi connectivity index (χ3v) is 4.74. The fraction of sp³-hybridized carbons (Fsp3) is 0.471. The highest BCUT2D eigenvalue weighted by Crippen LogP contribution is 2.30. The molecule has 1 aromatic carbocycles. The van der Waals surface area contributed by atoms with Crippen LogP contribution in [0.25, 0.3) is 5.69 Å². The van der Waals surface area contributed by atoms with Crippen LogP contribution in [0.4, 0.5) is 0 Å². The van der Waals surface area contributed by atoms with E-state index >= 15 is 0 Å². The molecule has 1 fully saturated rings. The summed E-state index contributed by atoms with van der Waals surface area (Å²) < 4.78 is 1.57. The van der Waals surface area contributed by atoms with Crippen molar-refractivity contribution in [3.05, 3.63) is 39.9 Å². The topological polar surface area (TPSA) is 71.8 Å². The molecule has 1 atom stereocenters. The minimum Gasteiger partial charge on any atom is -0.345 e. The van der Waals surface area contributed by atoms with Gasteiger partial charge in [0.05, 0.1) is 10.0 Å². The lowest BCUT2D eigenvalue weighted by Gasteiger charge is -2.23. The van der Waals surface area contributed by atoms with E-state index in [0.717, 1.165) is 25.9 Å². The van der Waals surface area contributed by atoms with Crippen LogP contribution < -0.4 is 10.6 Å². The average Bonchev–Trinajstić information content (AvgIpc) is 3.01. The number of benzene rings is 1. The lowest BCUT2D eigenvalue weighted by Crippen LogP contribution is -2.45. The van der Waals surface area contributed by atoms with Crippen LogP contribution in [0.15, 0.2) is 18.2 Å². The zero-order valence-corrected chi connectivity index (χ0v) is 15.7. The molecule has 0 spiro atoms. The van der Waals surface area contributed by atoms with Crippen molar-refractivity contribution < 1.29 is 4.79 Å². The molecule has 3 rings (SSSR count). The molecule has 1 saturated heterocycles. The van der Waals surface area contributed by atoms with Crippen molar-refractivity contribution in [1.82, 2.24) is 25.4 Å². The van der Waals surface area contributed by atoms with Crippen LogP contribution in [0.1, 0.15) is 49.1 Å². The maximum atomic E-state index is 12.6. The molecule has 0 unspecified atom stereocenters. The Bertz CT molecular complexity index is 748. The number of aromatic nitrogens is 3.